The minimum Gasteiger partial charge on any atom is -0.355 e. The lowest BCUT2D eigenvalue weighted by atomic mass is 10.1. The molecule has 0 aliphatic heterocycles. The molecule has 0 atom stereocenters. The molecule has 0 saturated carbocycles. The van der Waals surface area contributed by atoms with E-state index in [9.17, 15) is 14.0 Å². The van der Waals surface area contributed by atoms with Crippen molar-refractivity contribution >= 4 is 34.4 Å². The summed E-state index contributed by atoms with van der Waals surface area (Å²) in [5.74, 6) is -0.894. The van der Waals surface area contributed by atoms with Crippen LogP contribution in [0, 0.1) is 5.82 Å². The fourth-order valence-corrected chi connectivity index (χ4v) is 3.73. The van der Waals surface area contributed by atoms with Crippen molar-refractivity contribution in [3.05, 3.63) is 77.0 Å². The van der Waals surface area contributed by atoms with Crippen LogP contribution in [0.25, 0.3) is 22.2 Å². The zero-order chi connectivity index (χ0) is 20.4. The molecule has 0 unspecified atom stereocenters. The quantitative estimate of drug-likeness (QED) is 0.389. The Morgan fingerprint density at radius 1 is 1.17 bits per heavy atom. The summed E-state index contributed by atoms with van der Waals surface area (Å²) in [6, 6.07) is 15.6. The molecule has 2 N–H and O–H groups in total. The number of thioether (sulfide) groups is 1. The Labute approximate surface area is 169 Å². The largest absolute Gasteiger partial charge is 0.355 e. The number of hydrogen-bond acceptors (Lipinski definition) is 4. The summed E-state index contributed by atoms with van der Waals surface area (Å²) < 4.78 is 15.1. The fraction of sp³-hybridized carbons (Fsp3) is 0.0952. The monoisotopic (exact) mass is 408 g/mol. The van der Waals surface area contributed by atoms with Gasteiger partial charge in [0.1, 0.15) is 16.9 Å². The molecule has 0 saturated heterocycles. The summed E-state index contributed by atoms with van der Waals surface area (Å²) in [6.45, 7) is 0. The van der Waals surface area contributed by atoms with E-state index < -0.39 is 5.82 Å². The second-order valence-corrected chi connectivity index (χ2v) is 7.31. The number of rotatable bonds is 5. The highest BCUT2D eigenvalue weighted by Crippen LogP contribution is 2.27. The third-order valence-electron chi connectivity index (χ3n) is 4.43. The van der Waals surface area contributed by atoms with Gasteiger partial charge in [-0.15, -0.1) is 0 Å². The molecule has 1 amide bonds. The number of aromatic amines is 1. The second-order valence-electron chi connectivity index (χ2n) is 6.37. The fourth-order valence-electron chi connectivity index (χ4n) is 2.97. The number of carbonyl (C=O) groups excluding carboxylic acids is 1. The third kappa shape index (κ3) is 3.79. The van der Waals surface area contributed by atoms with Crippen LogP contribution in [0.4, 0.5) is 10.1 Å². The summed E-state index contributed by atoms with van der Waals surface area (Å²) in [7, 11) is 1.61. The molecule has 2 aromatic heterocycles. The van der Waals surface area contributed by atoms with Gasteiger partial charge in [0.05, 0.1) is 11.4 Å². The number of carbonyl (C=O) groups is 1. The molecule has 0 bridgehead atoms. The molecule has 8 heteroatoms. The van der Waals surface area contributed by atoms with Crippen molar-refractivity contribution in [3.8, 4) is 11.1 Å². The number of aromatic nitrogens is 3. The molecule has 0 fully saturated rings. The number of nitrogens with one attached hydrogen (secondary N) is 2. The number of benzene rings is 2. The predicted octanol–water partition coefficient (Wildman–Crippen LogP) is 3.80. The van der Waals surface area contributed by atoms with E-state index in [1.165, 1.54) is 16.7 Å². The minimum atomic E-state index is -0.502. The molecular weight excluding hydrogens is 391 g/mol. The summed E-state index contributed by atoms with van der Waals surface area (Å²) in [5, 5.41) is 2.93. The summed E-state index contributed by atoms with van der Waals surface area (Å²) in [5.41, 5.74) is 2.60. The van der Waals surface area contributed by atoms with Gasteiger partial charge in [-0.2, -0.15) is 0 Å². The molecule has 2 aromatic carbocycles. The van der Waals surface area contributed by atoms with E-state index in [2.05, 4.69) is 15.3 Å². The Morgan fingerprint density at radius 2 is 1.90 bits per heavy atom. The average molecular weight is 408 g/mol. The van der Waals surface area contributed by atoms with Crippen LogP contribution in [0.5, 0.6) is 0 Å². The minimum absolute atomic E-state index is 0.00872. The molecule has 29 heavy (non-hydrogen) atoms. The standard InChI is InChI=1S/C21H17FN4O2S/c1-26-20(28)19-18(14(11-23-19)13-7-3-2-4-8-13)25-21(26)29-12-17(27)24-16-10-6-5-9-15(16)22/h2-11,23H,12H2,1H3,(H,24,27). The van der Waals surface area contributed by atoms with Gasteiger partial charge in [-0.1, -0.05) is 54.2 Å². The molecule has 0 radical (unpaired) electrons. The Hall–Kier alpha value is -3.39. The smallest absolute Gasteiger partial charge is 0.278 e. The molecule has 2 heterocycles. The highest BCUT2D eigenvalue weighted by atomic mass is 32.2. The van der Waals surface area contributed by atoms with Crippen LogP contribution in [0.1, 0.15) is 0 Å². The van der Waals surface area contributed by atoms with E-state index in [-0.39, 0.29) is 22.9 Å². The number of H-pyrrole nitrogens is 1. The lowest BCUT2D eigenvalue weighted by molar-refractivity contribution is -0.113. The van der Waals surface area contributed by atoms with E-state index in [1.54, 1.807) is 25.4 Å². The van der Waals surface area contributed by atoms with Crippen LogP contribution in [0.15, 0.2) is 70.7 Å². The maximum Gasteiger partial charge on any atom is 0.278 e. The first kappa shape index (κ1) is 18.9. The van der Waals surface area contributed by atoms with Gasteiger partial charge in [0.2, 0.25) is 5.91 Å². The first-order valence-corrected chi connectivity index (χ1v) is 9.84. The van der Waals surface area contributed by atoms with Crippen molar-refractivity contribution in [1.29, 1.82) is 0 Å². The van der Waals surface area contributed by atoms with Crippen molar-refractivity contribution in [2.75, 3.05) is 11.1 Å². The van der Waals surface area contributed by atoms with E-state index in [4.69, 9.17) is 0 Å². The Balaban J connectivity index is 1.60. The summed E-state index contributed by atoms with van der Waals surface area (Å²) in [4.78, 5) is 32.5. The van der Waals surface area contributed by atoms with Crippen LogP contribution < -0.4 is 10.9 Å². The van der Waals surface area contributed by atoms with Gasteiger partial charge in [0.15, 0.2) is 5.16 Å². The van der Waals surface area contributed by atoms with Gasteiger partial charge in [0.25, 0.3) is 5.56 Å². The molecule has 6 nitrogen and oxygen atoms in total. The lowest BCUT2D eigenvalue weighted by Crippen LogP contribution is -2.21. The van der Waals surface area contributed by atoms with Gasteiger partial charge < -0.3 is 10.3 Å². The topological polar surface area (TPSA) is 79.8 Å². The number of amides is 1. The molecule has 0 aliphatic carbocycles. The number of anilines is 1. The van der Waals surface area contributed by atoms with Gasteiger partial charge in [-0.3, -0.25) is 14.2 Å². The number of halogens is 1. The predicted molar refractivity (Wildman–Crippen MR) is 113 cm³/mol. The normalized spacial score (nSPS) is 11.0. The average Bonchev–Trinajstić information content (AvgIpc) is 3.16. The van der Waals surface area contributed by atoms with Crippen molar-refractivity contribution in [2.24, 2.45) is 7.05 Å². The Bertz CT molecular complexity index is 1250. The number of fused-ring (bicyclic) bond motifs is 1. The van der Waals surface area contributed by atoms with Gasteiger partial charge in [-0.05, 0) is 17.7 Å². The zero-order valence-corrected chi connectivity index (χ0v) is 16.3. The van der Waals surface area contributed by atoms with Gasteiger partial charge >= 0.3 is 0 Å². The Kier molecular flexibility index (Phi) is 5.18. The van der Waals surface area contributed by atoms with E-state index in [0.717, 1.165) is 22.9 Å². The molecule has 0 spiro atoms. The molecule has 4 aromatic rings. The first-order valence-electron chi connectivity index (χ1n) is 8.85. The molecular formula is C21H17FN4O2S. The summed E-state index contributed by atoms with van der Waals surface area (Å²) in [6.07, 6.45) is 1.76. The van der Waals surface area contributed by atoms with E-state index >= 15 is 0 Å². The van der Waals surface area contributed by atoms with Crippen LogP contribution >= 0.6 is 11.8 Å². The van der Waals surface area contributed by atoms with E-state index in [1.807, 2.05) is 30.3 Å². The third-order valence-corrected chi connectivity index (χ3v) is 5.46. The SMILES string of the molecule is Cn1c(SCC(=O)Nc2ccccc2F)nc2c(-c3ccccc3)c[nH]c2c1=O. The van der Waals surface area contributed by atoms with Gasteiger partial charge in [0, 0.05) is 18.8 Å². The van der Waals surface area contributed by atoms with Crippen LogP contribution in [-0.4, -0.2) is 26.2 Å². The maximum absolute atomic E-state index is 13.7. The molecule has 146 valence electrons. The van der Waals surface area contributed by atoms with Crippen molar-refractivity contribution < 1.29 is 9.18 Å². The van der Waals surface area contributed by atoms with Crippen LogP contribution in [0.3, 0.4) is 0 Å². The Morgan fingerprint density at radius 3 is 2.66 bits per heavy atom. The number of hydrogen-bond donors (Lipinski definition) is 2. The number of nitrogens with zero attached hydrogens (tertiary/aromatic N) is 2. The second kappa shape index (κ2) is 7.92. The molecule has 4 rings (SSSR count). The highest BCUT2D eigenvalue weighted by molar-refractivity contribution is 7.99. The van der Waals surface area contributed by atoms with Gasteiger partial charge in [-0.25, -0.2) is 9.37 Å². The summed E-state index contributed by atoms with van der Waals surface area (Å²) >= 11 is 1.12. The maximum atomic E-state index is 13.7. The van der Waals surface area contributed by atoms with E-state index in [0.29, 0.717) is 16.2 Å². The van der Waals surface area contributed by atoms with Crippen molar-refractivity contribution in [1.82, 2.24) is 14.5 Å². The van der Waals surface area contributed by atoms with Crippen molar-refractivity contribution in [2.45, 2.75) is 5.16 Å². The van der Waals surface area contributed by atoms with Crippen LogP contribution in [-0.2, 0) is 11.8 Å². The van der Waals surface area contributed by atoms with Crippen LogP contribution in [0.2, 0.25) is 0 Å². The zero-order valence-electron chi connectivity index (χ0n) is 15.5. The van der Waals surface area contributed by atoms with Crippen molar-refractivity contribution in [3.63, 3.8) is 0 Å². The number of para-hydroxylation sites is 1. The first-order chi connectivity index (χ1) is 14.0. The molecule has 0 aliphatic rings. The lowest BCUT2D eigenvalue weighted by Gasteiger charge is -2.09. The highest BCUT2D eigenvalue weighted by Gasteiger charge is 2.16.